The van der Waals surface area contributed by atoms with E-state index in [9.17, 15) is 18.0 Å². The first-order chi connectivity index (χ1) is 10.8. The van der Waals surface area contributed by atoms with Crippen LogP contribution in [0.2, 0.25) is 5.02 Å². The van der Waals surface area contributed by atoms with E-state index in [-0.39, 0.29) is 21.1 Å². The van der Waals surface area contributed by atoms with E-state index in [1.807, 2.05) is 0 Å². The molecule has 0 unspecified atom stereocenters. The minimum absolute atomic E-state index is 0.0197. The van der Waals surface area contributed by atoms with Gasteiger partial charge in [0.1, 0.15) is 11.2 Å². The Balaban J connectivity index is 2.46. The van der Waals surface area contributed by atoms with Crippen molar-refractivity contribution in [3.8, 4) is 0 Å². The second-order valence-electron chi connectivity index (χ2n) is 4.85. The van der Waals surface area contributed by atoms with Crippen molar-refractivity contribution in [3.63, 3.8) is 0 Å². The maximum Gasteiger partial charge on any atom is 0.332 e. The van der Waals surface area contributed by atoms with Gasteiger partial charge in [-0.3, -0.25) is 13.9 Å². The molecule has 10 heteroatoms. The highest BCUT2D eigenvalue weighted by atomic mass is 35.5. The lowest BCUT2D eigenvalue weighted by molar-refractivity contribution is 0.588. The van der Waals surface area contributed by atoms with Crippen molar-refractivity contribution in [2.24, 2.45) is 14.1 Å². The Morgan fingerprint density at radius 3 is 2.39 bits per heavy atom. The van der Waals surface area contributed by atoms with Gasteiger partial charge in [0.25, 0.3) is 15.6 Å². The number of hydrogen-bond acceptors (Lipinski definition) is 5. The molecule has 0 saturated carbocycles. The van der Waals surface area contributed by atoms with E-state index in [1.54, 1.807) is 6.07 Å². The first-order valence-electron chi connectivity index (χ1n) is 6.40. The van der Waals surface area contributed by atoms with E-state index in [4.69, 9.17) is 11.6 Å². The molecule has 0 spiro atoms. The monoisotopic (exact) mass is 354 g/mol. The Morgan fingerprint density at radius 1 is 1.09 bits per heavy atom. The molecule has 120 valence electrons. The maximum absolute atomic E-state index is 12.8. The lowest BCUT2D eigenvalue weighted by Gasteiger charge is -2.09. The van der Waals surface area contributed by atoms with E-state index in [0.717, 1.165) is 19.4 Å². The largest absolute Gasteiger partial charge is 0.332 e. The lowest BCUT2D eigenvalue weighted by Crippen LogP contribution is -2.38. The van der Waals surface area contributed by atoms with Crippen LogP contribution in [0.3, 0.4) is 0 Å². The molecule has 1 aromatic carbocycles. The van der Waals surface area contributed by atoms with Crippen molar-refractivity contribution in [1.82, 2.24) is 18.1 Å². The molecule has 3 aromatic rings. The number of imidazole rings is 1. The van der Waals surface area contributed by atoms with Crippen LogP contribution in [0.15, 0.2) is 45.1 Å². The molecule has 0 aliphatic heterocycles. The molecule has 0 amide bonds. The third-order valence-electron chi connectivity index (χ3n) is 3.49. The summed E-state index contributed by atoms with van der Waals surface area (Å²) in [5, 5.41) is 0.0241. The summed E-state index contributed by atoms with van der Waals surface area (Å²) in [6.07, 6.45) is 0.990. The number of benzene rings is 1. The predicted molar refractivity (Wildman–Crippen MR) is 84.3 cm³/mol. The van der Waals surface area contributed by atoms with E-state index in [0.29, 0.717) is 0 Å². The Bertz CT molecular complexity index is 1160. The number of halogens is 1. The second kappa shape index (κ2) is 5.07. The molecule has 23 heavy (non-hydrogen) atoms. The van der Waals surface area contributed by atoms with Crippen LogP contribution in [0, 0.1) is 0 Å². The Morgan fingerprint density at radius 2 is 1.74 bits per heavy atom. The van der Waals surface area contributed by atoms with Gasteiger partial charge >= 0.3 is 5.69 Å². The average molecular weight is 355 g/mol. The quantitative estimate of drug-likeness (QED) is 0.660. The van der Waals surface area contributed by atoms with Gasteiger partial charge in [0.05, 0.1) is 5.02 Å². The summed E-state index contributed by atoms with van der Waals surface area (Å²) < 4.78 is 28.3. The Labute approximate surface area is 135 Å². The van der Waals surface area contributed by atoms with Crippen molar-refractivity contribution in [2.75, 3.05) is 0 Å². The fourth-order valence-electron chi connectivity index (χ4n) is 2.26. The fourth-order valence-corrected chi connectivity index (χ4v) is 4.04. The molecule has 0 bridgehead atoms. The average Bonchev–Trinajstić information content (AvgIpc) is 2.97. The van der Waals surface area contributed by atoms with Crippen LogP contribution in [0.4, 0.5) is 0 Å². The van der Waals surface area contributed by atoms with Gasteiger partial charge in [-0.25, -0.2) is 22.2 Å². The number of aryl methyl sites for hydroxylation is 1. The molecular weight excluding hydrogens is 344 g/mol. The minimum atomic E-state index is -4.13. The van der Waals surface area contributed by atoms with Crippen LogP contribution < -0.4 is 11.2 Å². The van der Waals surface area contributed by atoms with Gasteiger partial charge in [0.2, 0.25) is 0 Å². The van der Waals surface area contributed by atoms with Crippen LogP contribution in [0.25, 0.3) is 11.2 Å². The van der Waals surface area contributed by atoms with E-state index < -0.39 is 21.3 Å². The molecule has 0 fully saturated rings. The zero-order chi connectivity index (χ0) is 16.9. The first kappa shape index (κ1) is 15.5. The summed E-state index contributed by atoms with van der Waals surface area (Å²) in [5.74, 6) is 0. The zero-order valence-electron chi connectivity index (χ0n) is 12.1. The van der Waals surface area contributed by atoms with E-state index in [2.05, 4.69) is 4.98 Å². The summed E-state index contributed by atoms with van der Waals surface area (Å²) in [7, 11) is -1.45. The van der Waals surface area contributed by atoms with E-state index >= 15 is 0 Å². The summed E-state index contributed by atoms with van der Waals surface area (Å²) in [6, 6.07) is 5.87. The van der Waals surface area contributed by atoms with Gasteiger partial charge in [0, 0.05) is 14.1 Å². The van der Waals surface area contributed by atoms with Crippen molar-refractivity contribution >= 4 is 32.8 Å². The number of rotatable bonds is 2. The fraction of sp³-hybridized carbons (Fsp3) is 0.154. The third-order valence-corrected chi connectivity index (χ3v) is 5.64. The lowest BCUT2D eigenvalue weighted by atomic mass is 10.4. The number of hydrogen-bond donors (Lipinski definition) is 0. The Hall–Kier alpha value is -2.39. The molecule has 2 heterocycles. The number of fused-ring (bicyclic) bond motifs is 1. The van der Waals surface area contributed by atoms with Crippen LogP contribution in [-0.2, 0) is 24.1 Å². The van der Waals surface area contributed by atoms with Crippen molar-refractivity contribution in [3.05, 3.63) is 56.5 Å². The molecule has 2 aromatic heterocycles. The molecule has 0 N–H and O–H groups in total. The normalized spacial score (nSPS) is 12.0. The van der Waals surface area contributed by atoms with Crippen molar-refractivity contribution < 1.29 is 8.42 Å². The first-order valence-corrected chi connectivity index (χ1v) is 8.22. The number of nitrogens with zero attached hydrogens (tertiary/aromatic N) is 4. The summed E-state index contributed by atoms with van der Waals surface area (Å²) >= 11 is 5.95. The second-order valence-corrected chi connectivity index (χ2v) is 7.04. The SMILES string of the molecule is Cn1c(=O)c2c(ncn2S(=O)(=O)c2ccccc2Cl)n(C)c1=O. The predicted octanol–water partition coefficient (Wildman–Crippen LogP) is 0.324. The topological polar surface area (TPSA) is 96.0 Å². The van der Waals surface area contributed by atoms with Gasteiger partial charge < -0.3 is 0 Å². The molecule has 8 nitrogen and oxygen atoms in total. The van der Waals surface area contributed by atoms with Gasteiger partial charge in [-0.15, -0.1) is 0 Å². The Kier molecular flexibility index (Phi) is 3.42. The van der Waals surface area contributed by atoms with Crippen LogP contribution >= 0.6 is 11.6 Å². The van der Waals surface area contributed by atoms with Crippen molar-refractivity contribution in [2.45, 2.75) is 4.90 Å². The highest BCUT2D eigenvalue weighted by Crippen LogP contribution is 2.24. The molecule has 0 radical (unpaired) electrons. The summed E-state index contributed by atoms with van der Waals surface area (Å²) in [5.41, 5.74) is -1.58. The third kappa shape index (κ3) is 2.12. The highest BCUT2D eigenvalue weighted by molar-refractivity contribution is 7.90. The molecule has 0 atom stereocenters. The zero-order valence-corrected chi connectivity index (χ0v) is 13.7. The van der Waals surface area contributed by atoms with Crippen molar-refractivity contribution in [1.29, 1.82) is 0 Å². The molecular formula is C13H11ClN4O4S. The maximum atomic E-state index is 12.8. The van der Waals surface area contributed by atoms with Crippen LogP contribution in [0.5, 0.6) is 0 Å². The number of aromatic nitrogens is 4. The van der Waals surface area contributed by atoms with Gasteiger partial charge in [-0.05, 0) is 12.1 Å². The summed E-state index contributed by atoms with van der Waals surface area (Å²) in [6.45, 7) is 0. The molecule has 0 aliphatic carbocycles. The summed E-state index contributed by atoms with van der Waals surface area (Å²) in [4.78, 5) is 28.0. The molecule has 3 rings (SSSR count). The van der Waals surface area contributed by atoms with E-state index in [1.165, 1.54) is 32.3 Å². The molecule has 0 saturated heterocycles. The highest BCUT2D eigenvalue weighted by Gasteiger charge is 2.25. The minimum Gasteiger partial charge on any atom is -0.279 e. The molecule has 0 aliphatic rings. The van der Waals surface area contributed by atoms with Gasteiger partial charge in [0.15, 0.2) is 11.2 Å². The van der Waals surface area contributed by atoms with Crippen LogP contribution in [0.1, 0.15) is 0 Å². The smallest absolute Gasteiger partial charge is 0.279 e. The standard InChI is InChI=1S/C13H11ClN4O4S/c1-16-11-10(12(19)17(2)13(16)20)18(7-15-11)23(21,22)9-6-4-3-5-8(9)14/h3-7H,1-2H3. The van der Waals surface area contributed by atoms with Gasteiger partial charge in [-0.1, -0.05) is 23.7 Å². The van der Waals surface area contributed by atoms with Gasteiger partial charge in [-0.2, -0.15) is 0 Å². The van der Waals surface area contributed by atoms with Crippen LogP contribution in [-0.4, -0.2) is 26.5 Å².